The molecule has 0 radical (unpaired) electrons. The number of nitrogens with zero attached hydrogens (tertiary/aromatic N) is 2. The largest absolute Gasteiger partial charge is 0.463 e. The molecule has 0 aliphatic carbocycles. The Hall–Kier alpha value is -3.46. The van der Waals surface area contributed by atoms with Crippen LogP contribution in [0, 0.1) is 0 Å². The summed E-state index contributed by atoms with van der Waals surface area (Å²) >= 11 is 5.93. The van der Waals surface area contributed by atoms with Gasteiger partial charge in [-0.05, 0) is 24.6 Å². The quantitative estimate of drug-likeness (QED) is 0.692. The molecule has 0 saturated heterocycles. The normalized spacial score (nSPS) is 15.9. The van der Waals surface area contributed by atoms with E-state index in [-0.39, 0.29) is 30.2 Å². The highest BCUT2D eigenvalue weighted by Crippen LogP contribution is 2.28. The molecule has 29 heavy (non-hydrogen) atoms. The van der Waals surface area contributed by atoms with Crippen molar-refractivity contribution in [3.63, 3.8) is 0 Å². The van der Waals surface area contributed by atoms with Gasteiger partial charge in [0.25, 0.3) is 0 Å². The van der Waals surface area contributed by atoms with Crippen LogP contribution >= 0.6 is 11.6 Å². The predicted octanol–water partition coefficient (Wildman–Crippen LogP) is 2.16. The van der Waals surface area contributed by atoms with Crippen LogP contribution in [0.25, 0.3) is 0 Å². The first-order chi connectivity index (χ1) is 14.0. The van der Waals surface area contributed by atoms with Gasteiger partial charge in [-0.3, -0.25) is 4.98 Å². The molecule has 1 unspecified atom stereocenters. The molecular formula is C19H17ClN4O5. The van der Waals surface area contributed by atoms with E-state index in [1.165, 1.54) is 18.6 Å². The number of nitrogens with one attached hydrogen (secondary N) is 2. The van der Waals surface area contributed by atoms with Gasteiger partial charge in [0, 0.05) is 17.4 Å². The lowest BCUT2D eigenvalue weighted by Crippen LogP contribution is -2.47. The first-order valence-electron chi connectivity index (χ1n) is 8.66. The molecule has 2 heterocycles. The number of benzene rings is 1. The highest BCUT2D eigenvalue weighted by atomic mass is 35.5. The van der Waals surface area contributed by atoms with Crippen LogP contribution in [0.4, 0.5) is 4.79 Å². The van der Waals surface area contributed by atoms with E-state index in [0.717, 1.165) is 0 Å². The summed E-state index contributed by atoms with van der Waals surface area (Å²) in [6, 6.07) is 5.29. The third-order valence-corrected chi connectivity index (χ3v) is 4.22. The summed E-state index contributed by atoms with van der Waals surface area (Å²) < 4.78 is 10.3. The molecule has 2 aromatic rings. The van der Waals surface area contributed by atoms with Gasteiger partial charge < -0.3 is 20.1 Å². The summed E-state index contributed by atoms with van der Waals surface area (Å²) in [4.78, 5) is 44.6. The number of halogens is 1. The molecule has 0 fully saturated rings. The van der Waals surface area contributed by atoms with Crippen molar-refractivity contribution >= 4 is 29.6 Å². The zero-order chi connectivity index (χ0) is 20.8. The maximum absolute atomic E-state index is 12.6. The summed E-state index contributed by atoms with van der Waals surface area (Å²) in [5.41, 5.74) is 0.857. The Kier molecular flexibility index (Phi) is 6.40. The van der Waals surface area contributed by atoms with Crippen molar-refractivity contribution in [1.29, 1.82) is 0 Å². The average molecular weight is 417 g/mol. The molecule has 1 aliphatic rings. The lowest BCUT2D eigenvalue weighted by molar-refractivity contribution is -0.139. The molecule has 10 heteroatoms. The number of urea groups is 1. The molecule has 1 aliphatic heterocycles. The van der Waals surface area contributed by atoms with Crippen LogP contribution in [0.5, 0.6) is 0 Å². The van der Waals surface area contributed by atoms with Crippen molar-refractivity contribution in [3.8, 4) is 0 Å². The number of ether oxygens (including phenoxy) is 2. The molecular weight excluding hydrogens is 400 g/mol. The summed E-state index contributed by atoms with van der Waals surface area (Å²) in [7, 11) is 0. The fraction of sp³-hybridized carbons (Fsp3) is 0.211. The van der Waals surface area contributed by atoms with Gasteiger partial charge >= 0.3 is 18.0 Å². The minimum Gasteiger partial charge on any atom is -0.463 e. The number of rotatable bonds is 6. The minimum atomic E-state index is -0.801. The second kappa shape index (κ2) is 9.16. The first-order valence-corrected chi connectivity index (χ1v) is 9.03. The van der Waals surface area contributed by atoms with Gasteiger partial charge in [0.1, 0.15) is 6.61 Å². The molecule has 2 N–H and O–H groups in total. The minimum absolute atomic E-state index is 0.000275. The Morgan fingerprint density at radius 3 is 2.55 bits per heavy atom. The predicted molar refractivity (Wildman–Crippen MR) is 102 cm³/mol. The van der Waals surface area contributed by atoms with E-state index in [1.807, 2.05) is 0 Å². The van der Waals surface area contributed by atoms with Gasteiger partial charge in [-0.25, -0.2) is 19.4 Å². The van der Waals surface area contributed by atoms with E-state index in [1.54, 1.807) is 31.2 Å². The molecule has 2 amide bonds. The molecule has 1 aromatic heterocycles. The molecule has 3 rings (SSSR count). The Labute approximate surface area is 171 Å². The molecule has 0 saturated carbocycles. The Morgan fingerprint density at radius 2 is 1.90 bits per heavy atom. The maximum Gasteiger partial charge on any atom is 0.358 e. The second-order valence-electron chi connectivity index (χ2n) is 5.86. The molecule has 0 spiro atoms. The Balaban J connectivity index is 1.92. The third-order valence-electron chi connectivity index (χ3n) is 3.97. The number of carbonyl (C=O) groups excluding carboxylic acids is 3. The monoisotopic (exact) mass is 416 g/mol. The number of hydrogen-bond acceptors (Lipinski definition) is 7. The molecule has 150 valence electrons. The van der Waals surface area contributed by atoms with Crippen LogP contribution in [-0.2, 0) is 14.3 Å². The van der Waals surface area contributed by atoms with Crippen molar-refractivity contribution in [3.05, 3.63) is 70.4 Å². The standard InChI is InChI=1S/C19H17ClN4O5/c1-2-28-18(26)15-14(10-29-17(25)13-9-21-7-8-22-13)23-19(27)24-16(15)11-3-5-12(20)6-4-11/h3-9,16H,2,10H2,1H3,(H2,23,24,27). The molecule has 9 nitrogen and oxygen atoms in total. The van der Waals surface area contributed by atoms with Gasteiger partial charge in [0.15, 0.2) is 5.69 Å². The average Bonchev–Trinajstić information content (AvgIpc) is 2.72. The molecule has 0 bridgehead atoms. The number of hydrogen-bond donors (Lipinski definition) is 2. The van der Waals surface area contributed by atoms with Crippen LogP contribution < -0.4 is 10.6 Å². The fourth-order valence-corrected chi connectivity index (χ4v) is 2.83. The number of aromatic nitrogens is 2. The molecule has 1 atom stereocenters. The Bertz CT molecular complexity index is 947. The van der Waals surface area contributed by atoms with Crippen molar-refractivity contribution in [2.45, 2.75) is 13.0 Å². The van der Waals surface area contributed by atoms with Crippen molar-refractivity contribution < 1.29 is 23.9 Å². The highest BCUT2D eigenvalue weighted by molar-refractivity contribution is 6.30. The van der Waals surface area contributed by atoms with E-state index in [9.17, 15) is 14.4 Å². The zero-order valence-corrected chi connectivity index (χ0v) is 16.1. The van der Waals surface area contributed by atoms with E-state index < -0.39 is 24.0 Å². The van der Waals surface area contributed by atoms with E-state index in [2.05, 4.69) is 20.6 Å². The summed E-state index contributed by atoms with van der Waals surface area (Å²) in [5.74, 6) is -1.39. The number of esters is 2. The summed E-state index contributed by atoms with van der Waals surface area (Å²) in [6.07, 6.45) is 4.02. The summed E-state index contributed by atoms with van der Waals surface area (Å²) in [5, 5.41) is 5.70. The topological polar surface area (TPSA) is 120 Å². The molecule has 1 aromatic carbocycles. The van der Waals surface area contributed by atoms with Gasteiger partial charge in [-0.1, -0.05) is 23.7 Å². The SMILES string of the molecule is CCOC(=O)C1=C(COC(=O)c2cnccn2)NC(=O)NC1c1ccc(Cl)cc1. The number of amides is 2. The van der Waals surface area contributed by atoms with Crippen LogP contribution in [0.3, 0.4) is 0 Å². The van der Waals surface area contributed by atoms with Crippen LogP contribution in [0.1, 0.15) is 29.0 Å². The van der Waals surface area contributed by atoms with Crippen molar-refractivity contribution in [2.24, 2.45) is 0 Å². The van der Waals surface area contributed by atoms with Crippen molar-refractivity contribution in [2.75, 3.05) is 13.2 Å². The highest BCUT2D eigenvalue weighted by Gasteiger charge is 2.34. The summed E-state index contributed by atoms with van der Waals surface area (Å²) in [6.45, 7) is 1.44. The maximum atomic E-state index is 12.6. The van der Waals surface area contributed by atoms with Crippen LogP contribution in [-0.4, -0.2) is 41.2 Å². The van der Waals surface area contributed by atoms with Crippen LogP contribution in [0.15, 0.2) is 54.1 Å². The van der Waals surface area contributed by atoms with Gasteiger partial charge in [0.2, 0.25) is 0 Å². The smallest absolute Gasteiger partial charge is 0.358 e. The Morgan fingerprint density at radius 1 is 1.14 bits per heavy atom. The first kappa shape index (κ1) is 20.3. The van der Waals surface area contributed by atoms with Crippen LogP contribution in [0.2, 0.25) is 5.02 Å². The van der Waals surface area contributed by atoms with Gasteiger partial charge in [-0.2, -0.15) is 0 Å². The van der Waals surface area contributed by atoms with E-state index in [0.29, 0.717) is 10.6 Å². The van der Waals surface area contributed by atoms with Gasteiger partial charge in [-0.15, -0.1) is 0 Å². The lowest BCUT2D eigenvalue weighted by Gasteiger charge is -2.29. The third kappa shape index (κ3) is 4.88. The lowest BCUT2D eigenvalue weighted by atomic mass is 9.95. The van der Waals surface area contributed by atoms with E-state index in [4.69, 9.17) is 21.1 Å². The number of carbonyl (C=O) groups is 3. The van der Waals surface area contributed by atoms with Crippen molar-refractivity contribution in [1.82, 2.24) is 20.6 Å². The van der Waals surface area contributed by atoms with Gasteiger partial charge in [0.05, 0.1) is 30.1 Å². The zero-order valence-electron chi connectivity index (χ0n) is 15.3. The second-order valence-corrected chi connectivity index (χ2v) is 6.30. The fourth-order valence-electron chi connectivity index (χ4n) is 2.70. The van der Waals surface area contributed by atoms with E-state index >= 15 is 0 Å².